The van der Waals surface area contributed by atoms with Crippen molar-refractivity contribution in [3.05, 3.63) is 42.5 Å². The molecule has 5 nitrogen and oxygen atoms in total. The standard InChI is InChI=1S/C21H24N2O3/c1-2-3-4-5-6-11-20(25)22-15-12-13-16(18(24)14-15)21-23-17-9-7-8-10-19(17)26-21/h7-10,12-14,24H,2-6,11H2,1H3,(H,22,25). The van der Waals surface area contributed by atoms with Gasteiger partial charge in [-0.15, -0.1) is 0 Å². The first-order valence-corrected chi connectivity index (χ1v) is 9.16. The number of nitrogens with zero attached hydrogens (tertiary/aromatic N) is 1. The zero-order chi connectivity index (χ0) is 18.4. The number of hydrogen-bond donors (Lipinski definition) is 2. The van der Waals surface area contributed by atoms with Gasteiger partial charge in [0.25, 0.3) is 0 Å². The Morgan fingerprint density at radius 3 is 2.69 bits per heavy atom. The second kappa shape index (κ2) is 8.52. The molecule has 0 saturated heterocycles. The van der Waals surface area contributed by atoms with Gasteiger partial charge in [0.1, 0.15) is 11.3 Å². The first-order valence-electron chi connectivity index (χ1n) is 9.16. The summed E-state index contributed by atoms with van der Waals surface area (Å²) in [7, 11) is 0. The topological polar surface area (TPSA) is 75.4 Å². The largest absolute Gasteiger partial charge is 0.507 e. The maximum absolute atomic E-state index is 12.0. The predicted molar refractivity (Wildman–Crippen MR) is 103 cm³/mol. The fourth-order valence-corrected chi connectivity index (χ4v) is 2.89. The van der Waals surface area contributed by atoms with Gasteiger partial charge in [-0.2, -0.15) is 0 Å². The molecular weight excluding hydrogens is 328 g/mol. The van der Waals surface area contributed by atoms with Gasteiger partial charge in [-0.05, 0) is 30.7 Å². The molecule has 2 aromatic carbocycles. The van der Waals surface area contributed by atoms with Crippen LogP contribution >= 0.6 is 0 Å². The van der Waals surface area contributed by atoms with Crippen molar-refractivity contribution in [3.8, 4) is 17.2 Å². The number of anilines is 1. The van der Waals surface area contributed by atoms with E-state index in [1.165, 1.54) is 25.3 Å². The molecule has 0 aliphatic carbocycles. The molecule has 0 aliphatic rings. The first kappa shape index (κ1) is 18.0. The summed E-state index contributed by atoms with van der Waals surface area (Å²) < 4.78 is 5.68. The predicted octanol–water partition coefficient (Wildman–Crippen LogP) is 5.50. The van der Waals surface area contributed by atoms with E-state index in [-0.39, 0.29) is 11.7 Å². The molecule has 0 saturated carbocycles. The zero-order valence-electron chi connectivity index (χ0n) is 15.0. The summed E-state index contributed by atoms with van der Waals surface area (Å²) in [4.78, 5) is 16.4. The average Bonchev–Trinajstić information content (AvgIpc) is 3.05. The Morgan fingerprint density at radius 2 is 1.92 bits per heavy atom. The van der Waals surface area contributed by atoms with E-state index in [9.17, 15) is 9.90 Å². The second-order valence-electron chi connectivity index (χ2n) is 6.43. The molecule has 0 spiro atoms. The van der Waals surface area contributed by atoms with Gasteiger partial charge in [-0.25, -0.2) is 4.98 Å². The number of fused-ring (bicyclic) bond motifs is 1. The van der Waals surface area contributed by atoms with E-state index in [1.54, 1.807) is 12.1 Å². The normalized spacial score (nSPS) is 11.0. The molecule has 0 atom stereocenters. The summed E-state index contributed by atoms with van der Waals surface area (Å²) in [5, 5.41) is 13.1. The molecule has 136 valence electrons. The summed E-state index contributed by atoms with van der Waals surface area (Å²) in [6, 6.07) is 12.4. The maximum atomic E-state index is 12.0. The fraction of sp³-hybridized carbons (Fsp3) is 0.333. The Bertz CT molecular complexity index is 853. The van der Waals surface area contributed by atoms with E-state index < -0.39 is 0 Å². The number of aromatic hydroxyl groups is 1. The summed E-state index contributed by atoms with van der Waals surface area (Å²) in [6.45, 7) is 2.17. The van der Waals surface area contributed by atoms with Crippen molar-refractivity contribution in [2.75, 3.05) is 5.32 Å². The minimum atomic E-state index is -0.0319. The Hall–Kier alpha value is -2.82. The molecule has 1 amide bonds. The number of hydrogen-bond acceptors (Lipinski definition) is 4. The Balaban J connectivity index is 1.63. The van der Waals surface area contributed by atoms with Crippen LogP contribution in [0.1, 0.15) is 45.4 Å². The number of amides is 1. The van der Waals surface area contributed by atoms with Crippen molar-refractivity contribution in [2.45, 2.75) is 45.4 Å². The number of phenolic OH excluding ortho intramolecular Hbond substituents is 1. The third-order valence-corrected chi connectivity index (χ3v) is 4.31. The van der Waals surface area contributed by atoms with Crippen LogP contribution in [-0.2, 0) is 4.79 Å². The van der Waals surface area contributed by atoms with Crippen molar-refractivity contribution in [1.82, 2.24) is 4.98 Å². The number of unbranched alkanes of at least 4 members (excludes halogenated alkanes) is 4. The molecular formula is C21H24N2O3. The van der Waals surface area contributed by atoms with Gasteiger partial charge >= 0.3 is 0 Å². The number of oxazole rings is 1. The Morgan fingerprint density at radius 1 is 1.12 bits per heavy atom. The summed E-state index contributed by atoms with van der Waals surface area (Å²) in [5.74, 6) is 0.352. The highest BCUT2D eigenvalue weighted by Gasteiger charge is 2.13. The summed E-state index contributed by atoms with van der Waals surface area (Å²) >= 11 is 0. The lowest BCUT2D eigenvalue weighted by Crippen LogP contribution is -2.10. The van der Waals surface area contributed by atoms with Gasteiger partial charge in [-0.1, -0.05) is 44.7 Å². The van der Waals surface area contributed by atoms with Crippen molar-refractivity contribution >= 4 is 22.7 Å². The van der Waals surface area contributed by atoms with Crippen LogP contribution in [0.2, 0.25) is 0 Å². The van der Waals surface area contributed by atoms with Gasteiger partial charge < -0.3 is 14.8 Å². The molecule has 5 heteroatoms. The van der Waals surface area contributed by atoms with Crippen LogP contribution in [0.4, 0.5) is 5.69 Å². The van der Waals surface area contributed by atoms with Crippen molar-refractivity contribution in [3.63, 3.8) is 0 Å². The molecule has 2 N–H and O–H groups in total. The second-order valence-corrected chi connectivity index (χ2v) is 6.43. The van der Waals surface area contributed by atoms with Crippen LogP contribution in [-0.4, -0.2) is 16.0 Å². The molecule has 3 aromatic rings. The minimum absolute atomic E-state index is 0.0253. The number of carbonyl (C=O) groups is 1. The van der Waals surface area contributed by atoms with Crippen molar-refractivity contribution in [1.29, 1.82) is 0 Å². The molecule has 0 unspecified atom stereocenters. The molecule has 0 radical (unpaired) electrons. The molecule has 26 heavy (non-hydrogen) atoms. The molecule has 0 bridgehead atoms. The third kappa shape index (κ3) is 4.42. The van der Waals surface area contributed by atoms with Gasteiger partial charge in [0.05, 0.1) is 5.56 Å². The zero-order valence-corrected chi connectivity index (χ0v) is 15.0. The lowest BCUT2D eigenvalue weighted by molar-refractivity contribution is -0.116. The fourth-order valence-electron chi connectivity index (χ4n) is 2.89. The van der Waals surface area contributed by atoms with E-state index in [0.717, 1.165) is 18.4 Å². The lowest BCUT2D eigenvalue weighted by atomic mass is 10.1. The van der Waals surface area contributed by atoms with E-state index in [2.05, 4.69) is 17.2 Å². The van der Waals surface area contributed by atoms with E-state index in [0.29, 0.717) is 29.1 Å². The number of aromatic nitrogens is 1. The van der Waals surface area contributed by atoms with Gasteiger partial charge in [-0.3, -0.25) is 4.79 Å². The number of phenols is 1. The molecule has 1 aromatic heterocycles. The van der Waals surface area contributed by atoms with Crippen LogP contribution < -0.4 is 5.32 Å². The van der Waals surface area contributed by atoms with Crippen molar-refractivity contribution in [2.24, 2.45) is 0 Å². The third-order valence-electron chi connectivity index (χ3n) is 4.31. The van der Waals surface area contributed by atoms with Crippen LogP contribution in [0.5, 0.6) is 5.75 Å². The maximum Gasteiger partial charge on any atom is 0.231 e. The number of carbonyl (C=O) groups excluding carboxylic acids is 1. The monoisotopic (exact) mass is 352 g/mol. The van der Waals surface area contributed by atoms with Crippen molar-refractivity contribution < 1.29 is 14.3 Å². The highest BCUT2D eigenvalue weighted by molar-refractivity contribution is 5.91. The quantitative estimate of drug-likeness (QED) is 0.525. The minimum Gasteiger partial charge on any atom is -0.507 e. The van der Waals surface area contributed by atoms with Crippen LogP contribution in [0.15, 0.2) is 46.9 Å². The van der Waals surface area contributed by atoms with Crippen LogP contribution in [0.3, 0.4) is 0 Å². The van der Waals surface area contributed by atoms with E-state index in [1.807, 2.05) is 24.3 Å². The van der Waals surface area contributed by atoms with Crippen LogP contribution in [0.25, 0.3) is 22.6 Å². The number of para-hydroxylation sites is 2. The van der Waals surface area contributed by atoms with Crippen LogP contribution in [0, 0.1) is 0 Å². The first-order chi connectivity index (χ1) is 12.7. The highest BCUT2D eigenvalue weighted by atomic mass is 16.3. The van der Waals surface area contributed by atoms with Gasteiger partial charge in [0.2, 0.25) is 11.8 Å². The molecule has 0 aliphatic heterocycles. The van der Waals surface area contributed by atoms with Gasteiger partial charge in [0.15, 0.2) is 5.58 Å². The SMILES string of the molecule is CCCCCCCC(=O)Nc1ccc(-c2nc3ccccc3o2)c(O)c1. The molecule has 3 rings (SSSR count). The van der Waals surface area contributed by atoms with Gasteiger partial charge in [0, 0.05) is 18.2 Å². The highest BCUT2D eigenvalue weighted by Crippen LogP contribution is 2.33. The number of rotatable bonds is 8. The Labute approximate surface area is 153 Å². The number of benzene rings is 2. The van der Waals surface area contributed by atoms with E-state index in [4.69, 9.17) is 4.42 Å². The smallest absolute Gasteiger partial charge is 0.231 e. The molecule has 0 fully saturated rings. The molecule has 1 heterocycles. The van der Waals surface area contributed by atoms with E-state index >= 15 is 0 Å². The summed E-state index contributed by atoms with van der Waals surface area (Å²) in [5.41, 5.74) is 2.48. The summed E-state index contributed by atoms with van der Waals surface area (Å²) in [6.07, 6.45) is 6.04. The number of nitrogens with one attached hydrogen (secondary N) is 1. The lowest BCUT2D eigenvalue weighted by Gasteiger charge is -2.07. The Kier molecular flexibility index (Phi) is 5.89. The average molecular weight is 352 g/mol.